The van der Waals surface area contributed by atoms with Gasteiger partial charge in [-0.15, -0.1) is 0 Å². The number of allylic oxidation sites excluding steroid dienone is 5. The Kier molecular flexibility index (Phi) is 7.36. The molecule has 0 unspecified atom stereocenters. The third-order valence-electron chi connectivity index (χ3n) is 11.0. The zero-order valence-electron chi connectivity index (χ0n) is 29.7. The van der Waals surface area contributed by atoms with E-state index in [0.29, 0.717) is 5.84 Å². The van der Waals surface area contributed by atoms with Crippen molar-refractivity contribution in [2.45, 2.75) is 25.9 Å². The van der Waals surface area contributed by atoms with Crippen LogP contribution in [0, 0.1) is 0 Å². The van der Waals surface area contributed by atoms with Crippen LogP contribution in [-0.4, -0.2) is 19.6 Å². The molecular formula is C49H36N2OSi. The Labute approximate surface area is 310 Å². The van der Waals surface area contributed by atoms with Gasteiger partial charge < -0.3 is 4.42 Å². The van der Waals surface area contributed by atoms with Gasteiger partial charge in [0.25, 0.3) is 0 Å². The molecule has 1 aromatic heterocycles. The normalized spacial score (nSPS) is 15.7. The zero-order valence-corrected chi connectivity index (χ0v) is 30.7. The number of rotatable bonds is 5. The molecule has 0 fully saturated rings. The van der Waals surface area contributed by atoms with Gasteiger partial charge in [0, 0.05) is 33.5 Å². The Balaban J connectivity index is 1.30. The van der Waals surface area contributed by atoms with Crippen LogP contribution in [0.3, 0.4) is 0 Å². The molecule has 1 aliphatic carbocycles. The molecule has 0 atom stereocenters. The van der Waals surface area contributed by atoms with Crippen LogP contribution < -0.4 is 10.4 Å². The van der Waals surface area contributed by atoms with Gasteiger partial charge >= 0.3 is 0 Å². The highest BCUT2D eigenvalue weighted by Gasteiger charge is 2.41. The van der Waals surface area contributed by atoms with Crippen molar-refractivity contribution >= 4 is 63.2 Å². The van der Waals surface area contributed by atoms with Crippen LogP contribution in [-0.2, 0) is 0 Å². The van der Waals surface area contributed by atoms with E-state index in [4.69, 9.17) is 14.4 Å². The predicted octanol–water partition coefficient (Wildman–Crippen LogP) is 11.2. The first-order valence-electron chi connectivity index (χ1n) is 18.4. The first kappa shape index (κ1) is 31.4. The second kappa shape index (κ2) is 12.4. The average Bonchev–Trinajstić information content (AvgIpc) is 3.60. The van der Waals surface area contributed by atoms with Gasteiger partial charge in [-0.05, 0) is 74.8 Å². The van der Waals surface area contributed by atoms with E-state index in [2.05, 4.69) is 158 Å². The maximum Gasteiger partial charge on any atom is 0.162 e. The fraction of sp³-hybridized carbons (Fsp3) is 0.0816. The van der Waals surface area contributed by atoms with Crippen molar-refractivity contribution in [1.29, 1.82) is 0 Å². The number of benzene rings is 6. The quantitative estimate of drug-likeness (QED) is 0.130. The molecule has 3 nitrogen and oxygen atoms in total. The average molecular weight is 697 g/mol. The van der Waals surface area contributed by atoms with Crippen LogP contribution >= 0.6 is 0 Å². The Morgan fingerprint density at radius 2 is 1.32 bits per heavy atom. The minimum atomic E-state index is -2.10. The van der Waals surface area contributed by atoms with Crippen molar-refractivity contribution < 1.29 is 4.42 Å². The number of hydrogen-bond donors (Lipinski definition) is 0. The maximum atomic E-state index is 6.49. The molecule has 7 aromatic rings. The van der Waals surface area contributed by atoms with E-state index < -0.39 is 8.07 Å². The third-order valence-corrected chi connectivity index (χ3v) is 14.5. The summed E-state index contributed by atoms with van der Waals surface area (Å²) in [5.74, 6) is 0.649. The summed E-state index contributed by atoms with van der Waals surface area (Å²) < 4.78 is 6.49. The largest absolute Gasteiger partial charge is 0.456 e. The van der Waals surface area contributed by atoms with Crippen LogP contribution in [0.25, 0.3) is 55.5 Å². The summed E-state index contributed by atoms with van der Waals surface area (Å²) in [6, 6.07) is 47.3. The van der Waals surface area contributed by atoms with Crippen molar-refractivity contribution in [3.05, 3.63) is 186 Å². The monoisotopic (exact) mass is 696 g/mol. The highest BCUT2D eigenvalue weighted by atomic mass is 28.3. The number of hydrogen-bond acceptors (Lipinski definition) is 3. The van der Waals surface area contributed by atoms with Crippen molar-refractivity contribution in [2.24, 2.45) is 9.98 Å². The highest BCUT2D eigenvalue weighted by molar-refractivity contribution is 7.04. The number of aliphatic imine (C=N–C) groups is 2. The van der Waals surface area contributed by atoms with E-state index in [1.807, 2.05) is 18.2 Å². The molecule has 0 amide bonds. The Morgan fingerprint density at radius 1 is 0.604 bits per heavy atom. The van der Waals surface area contributed by atoms with E-state index in [1.165, 1.54) is 38.2 Å². The number of para-hydroxylation sites is 1. The van der Waals surface area contributed by atoms with E-state index in [1.54, 1.807) is 0 Å². The molecule has 53 heavy (non-hydrogen) atoms. The molecule has 0 spiro atoms. The van der Waals surface area contributed by atoms with Gasteiger partial charge in [0.15, 0.2) is 5.84 Å². The van der Waals surface area contributed by atoms with E-state index in [-0.39, 0.29) is 0 Å². The van der Waals surface area contributed by atoms with Crippen LogP contribution in [0.1, 0.15) is 35.1 Å². The zero-order chi connectivity index (χ0) is 35.5. The third kappa shape index (κ3) is 5.10. The first-order chi connectivity index (χ1) is 26.1. The van der Waals surface area contributed by atoms with Crippen molar-refractivity contribution in [3.63, 3.8) is 0 Å². The number of amidine groups is 1. The van der Waals surface area contributed by atoms with Gasteiger partial charge in [0.1, 0.15) is 24.9 Å². The molecule has 3 heterocycles. The molecule has 0 bridgehead atoms. The topological polar surface area (TPSA) is 37.9 Å². The summed E-state index contributed by atoms with van der Waals surface area (Å²) in [6.45, 7) is 4.97. The lowest BCUT2D eigenvalue weighted by atomic mass is 9.91. The Bertz CT molecular complexity index is 2830. The van der Waals surface area contributed by atoms with Crippen LogP contribution in [0.15, 0.2) is 178 Å². The van der Waals surface area contributed by atoms with Crippen LogP contribution in [0.5, 0.6) is 0 Å². The number of nitrogens with zero attached hydrogens (tertiary/aromatic N) is 2. The number of furan rings is 1. The summed E-state index contributed by atoms with van der Waals surface area (Å²) in [6.07, 6.45) is 10.9. The summed E-state index contributed by atoms with van der Waals surface area (Å²) >= 11 is 0. The summed E-state index contributed by atoms with van der Waals surface area (Å²) in [5, 5.41) is 4.99. The van der Waals surface area contributed by atoms with Gasteiger partial charge in [-0.1, -0.05) is 152 Å². The van der Waals surface area contributed by atoms with Crippen molar-refractivity contribution in [1.82, 2.24) is 0 Å². The lowest BCUT2D eigenvalue weighted by Crippen LogP contribution is -2.50. The predicted molar refractivity (Wildman–Crippen MR) is 225 cm³/mol. The standard InChI is InChI=1S/C49H36N2OSi/c1-53(2)44-25-15-13-23-39(44)45-37(27-26-36(48(45)53)33-18-8-4-9-19-33)41-30-29-40(34-20-10-5-11-21-34)50-49(51-41)47-35(32-16-6-3-7-17-32)28-31-43-46(47)38-22-12-14-24-42(38)52-43/h4-6,8-28,30-31H,3,7H2,1-2H3. The molecule has 3 aliphatic rings. The molecule has 2 aliphatic heterocycles. The molecule has 252 valence electrons. The SMILES string of the molecule is C[Si]1(C)c2ccccc2-c2c(C3=NC(c4c(C5=CCCC=C5)ccc5oc6ccccc6c45)=NC(c4ccccc4)=C=C3)ccc(-c3ccccc3)c21. The van der Waals surface area contributed by atoms with Gasteiger partial charge in [0.05, 0.1) is 5.71 Å². The maximum absolute atomic E-state index is 6.49. The molecule has 4 heteroatoms. The van der Waals surface area contributed by atoms with Gasteiger partial charge in [0.2, 0.25) is 0 Å². The van der Waals surface area contributed by atoms with E-state index in [9.17, 15) is 0 Å². The van der Waals surface area contributed by atoms with Gasteiger partial charge in [-0.2, -0.15) is 0 Å². The number of fused-ring (bicyclic) bond motifs is 6. The lowest BCUT2D eigenvalue weighted by molar-refractivity contribution is 0.669. The summed E-state index contributed by atoms with van der Waals surface area (Å²) in [4.78, 5) is 11.1. The van der Waals surface area contributed by atoms with Crippen LogP contribution in [0.2, 0.25) is 13.1 Å². The first-order valence-corrected chi connectivity index (χ1v) is 21.4. The van der Waals surface area contributed by atoms with Crippen molar-refractivity contribution in [3.8, 4) is 22.3 Å². The minimum absolute atomic E-state index is 0.649. The Hall–Kier alpha value is -6.32. The molecule has 0 saturated carbocycles. The van der Waals surface area contributed by atoms with Gasteiger partial charge in [-0.3, -0.25) is 0 Å². The molecule has 0 radical (unpaired) electrons. The van der Waals surface area contributed by atoms with E-state index >= 15 is 0 Å². The molecule has 0 saturated heterocycles. The Morgan fingerprint density at radius 3 is 2.13 bits per heavy atom. The second-order valence-corrected chi connectivity index (χ2v) is 18.8. The fourth-order valence-electron chi connectivity index (χ4n) is 8.53. The molecule has 0 N–H and O–H groups in total. The highest BCUT2D eigenvalue weighted by Crippen LogP contribution is 2.40. The van der Waals surface area contributed by atoms with E-state index in [0.717, 1.165) is 68.4 Å². The minimum Gasteiger partial charge on any atom is -0.456 e. The molecular weight excluding hydrogens is 661 g/mol. The summed E-state index contributed by atoms with van der Waals surface area (Å²) in [5.41, 5.74) is 17.4. The molecule has 10 rings (SSSR count). The smallest absolute Gasteiger partial charge is 0.162 e. The van der Waals surface area contributed by atoms with Crippen molar-refractivity contribution in [2.75, 3.05) is 0 Å². The van der Waals surface area contributed by atoms with Crippen LogP contribution in [0.4, 0.5) is 0 Å². The fourth-order valence-corrected chi connectivity index (χ4v) is 12.0. The molecule has 6 aromatic carbocycles. The lowest BCUT2D eigenvalue weighted by Gasteiger charge is -2.23. The summed E-state index contributed by atoms with van der Waals surface area (Å²) in [7, 11) is -2.10. The second-order valence-electron chi connectivity index (χ2n) is 14.5. The van der Waals surface area contributed by atoms with Gasteiger partial charge in [-0.25, -0.2) is 9.98 Å².